The average molecular weight is 689 g/mol. The molecule has 0 fully saturated rings. The van der Waals surface area contributed by atoms with Gasteiger partial charge >= 0.3 is 0 Å². The van der Waals surface area contributed by atoms with E-state index in [1.54, 1.807) is 0 Å². The zero-order chi connectivity index (χ0) is 36.3. The first kappa shape index (κ1) is 31.3. The normalized spacial score (nSPS) is 14.6. The van der Waals surface area contributed by atoms with E-state index in [-0.39, 0.29) is 10.8 Å². The van der Waals surface area contributed by atoms with E-state index in [1.165, 1.54) is 110 Å². The maximum atomic E-state index is 2.48. The summed E-state index contributed by atoms with van der Waals surface area (Å²) in [6.07, 6.45) is 0. The molecule has 2 aliphatic rings. The van der Waals surface area contributed by atoms with Crippen molar-refractivity contribution in [3.05, 3.63) is 192 Å². The van der Waals surface area contributed by atoms with E-state index < -0.39 is 0 Å². The molecule has 0 amide bonds. The lowest BCUT2D eigenvalue weighted by molar-refractivity contribution is 0.602. The molecule has 256 valence electrons. The highest BCUT2D eigenvalue weighted by Crippen LogP contribution is 2.62. The summed E-state index contributed by atoms with van der Waals surface area (Å²) in [5.41, 5.74) is 18.6. The Kier molecular flexibility index (Phi) is 6.46. The van der Waals surface area contributed by atoms with E-state index in [2.05, 4.69) is 198 Å². The van der Waals surface area contributed by atoms with Crippen molar-refractivity contribution in [3.8, 4) is 55.6 Å². The van der Waals surface area contributed by atoms with Crippen LogP contribution >= 0.6 is 0 Å². The van der Waals surface area contributed by atoms with Gasteiger partial charge in [-0.25, -0.2) is 0 Å². The summed E-state index contributed by atoms with van der Waals surface area (Å²) in [6.45, 7) is 9.83. The maximum absolute atomic E-state index is 2.48. The fourth-order valence-electron chi connectivity index (χ4n) is 10.0. The highest BCUT2D eigenvalue weighted by molar-refractivity contribution is 6.13. The average Bonchev–Trinajstić information content (AvgIpc) is 3.59. The van der Waals surface area contributed by atoms with Crippen LogP contribution in [0.15, 0.2) is 170 Å². The number of fused-ring (bicyclic) bond motifs is 12. The van der Waals surface area contributed by atoms with Crippen LogP contribution < -0.4 is 0 Å². The first-order chi connectivity index (χ1) is 26.3. The summed E-state index contributed by atoms with van der Waals surface area (Å²) in [5, 5.41) is 7.81. The number of benzene rings is 9. The second kappa shape index (κ2) is 11.1. The molecular formula is C54H40. The molecule has 54 heavy (non-hydrogen) atoms. The first-order valence-electron chi connectivity index (χ1n) is 19.3. The molecule has 0 atom stereocenters. The minimum Gasteiger partial charge on any atom is -0.0616 e. The Balaban J connectivity index is 1.04. The second-order valence-corrected chi connectivity index (χ2v) is 16.5. The van der Waals surface area contributed by atoms with Crippen molar-refractivity contribution in [1.82, 2.24) is 0 Å². The van der Waals surface area contributed by atoms with Gasteiger partial charge in [-0.1, -0.05) is 173 Å². The van der Waals surface area contributed by atoms with Gasteiger partial charge in [0.15, 0.2) is 0 Å². The van der Waals surface area contributed by atoms with Crippen molar-refractivity contribution in [2.75, 3.05) is 0 Å². The molecule has 9 aromatic carbocycles. The minimum atomic E-state index is -0.180. The second-order valence-electron chi connectivity index (χ2n) is 16.5. The molecule has 0 saturated carbocycles. The summed E-state index contributed by atoms with van der Waals surface area (Å²) >= 11 is 0. The van der Waals surface area contributed by atoms with Crippen molar-refractivity contribution in [2.24, 2.45) is 0 Å². The van der Waals surface area contributed by atoms with Crippen LogP contribution in [0.2, 0.25) is 0 Å². The Morgan fingerprint density at radius 1 is 0.296 bits per heavy atom. The standard InChI is InChI=1S/C54H40/c1-53(2)47-31-41(36-19-17-35(18-20-36)39-23-21-33-11-5-7-13-37(33)29-39)25-27-45(47)49-43-15-9-10-16-44(43)50-46-28-26-42(32-48(46)54(3,4)52(50)51(49)53)40-24-22-34-12-6-8-14-38(34)30-40/h5-32H,1-4H3. The van der Waals surface area contributed by atoms with Gasteiger partial charge in [-0.05, 0) is 134 Å². The van der Waals surface area contributed by atoms with Gasteiger partial charge in [0, 0.05) is 10.8 Å². The fraction of sp³-hybridized carbons (Fsp3) is 0.111. The molecule has 0 unspecified atom stereocenters. The SMILES string of the molecule is CC1(C)c2cc(-c3ccc(-c4ccc5ccccc5c4)cc3)ccc2-c2c1c1c(c3ccccc23)-c2ccc(-c3ccc4ccccc4c3)cc2C1(C)C. The van der Waals surface area contributed by atoms with Gasteiger partial charge in [0.1, 0.15) is 0 Å². The topological polar surface area (TPSA) is 0 Å². The van der Waals surface area contributed by atoms with Crippen molar-refractivity contribution in [2.45, 2.75) is 38.5 Å². The van der Waals surface area contributed by atoms with Crippen molar-refractivity contribution in [3.63, 3.8) is 0 Å². The third-order valence-corrected chi connectivity index (χ3v) is 12.8. The fourth-order valence-corrected chi connectivity index (χ4v) is 10.0. The Bertz CT molecular complexity index is 3020. The van der Waals surface area contributed by atoms with Gasteiger partial charge < -0.3 is 0 Å². The Labute approximate surface area is 317 Å². The summed E-state index contributed by atoms with van der Waals surface area (Å²) in [7, 11) is 0. The molecule has 0 heteroatoms. The van der Waals surface area contributed by atoms with Gasteiger partial charge in [-0.15, -0.1) is 0 Å². The summed E-state index contributed by atoms with van der Waals surface area (Å²) in [4.78, 5) is 0. The van der Waals surface area contributed by atoms with Crippen molar-refractivity contribution in [1.29, 1.82) is 0 Å². The summed E-state index contributed by atoms with van der Waals surface area (Å²) < 4.78 is 0. The van der Waals surface area contributed by atoms with Gasteiger partial charge in [0.25, 0.3) is 0 Å². The maximum Gasteiger partial charge on any atom is 0.0162 e. The molecule has 0 bridgehead atoms. The molecule has 0 aromatic heterocycles. The van der Waals surface area contributed by atoms with Crippen LogP contribution in [0.3, 0.4) is 0 Å². The predicted molar refractivity (Wildman–Crippen MR) is 230 cm³/mol. The monoisotopic (exact) mass is 688 g/mol. The Morgan fingerprint density at radius 3 is 1.09 bits per heavy atom. The van der Waals surface area contributed by atoms with E-state index >= 15 is 0 Å². The first-order valence-corrected chi connectivity index (χ1v) is 19.3. The predicted octanol–water partition coefficient (Wildman–Crippen LogP) is 14.8. The lowest BCUT2D eigenvalue weighted by Crippen LogP contribution is -2.24. The molecule has 0 saturated heterocycles. The number of rotatable bonds is 3. The van der Waals surface area contributed by atoms with Crippen LogP contribution in [0.25, 0.3) is 88.0 Å². The van der Waals surface area contributed by atoms with Crippen LogP contribution in [-0.4, -0.2) is 0 Å². The number of hydrogen-bond donors (Lipinski definition) is 0. The zero-order valence-electron chi connectivity index (χ0n) is 31.2. The van der Waals surface area contributed by atoms with Crippen LogP contribution in [-0.2, 0) is 10.8 Å². The lowest BCUT2D eigenvalue weighted by atomic mass is 9.71. The molecule has 2 aliphatic carbocycles. The quantitative estimate of drug-likeness (QED) is 0.173. The molecule has 0 nitrogen and oxygen atoms in total. The van der Waals surface area contributed by atoms with Crippen molar-refractivity contribution >= 4 is 32.3 Å². The zero-order valence-corrected chi connectivity index (χ0v) is 31.2. The minimum absolute atomic E-state index is 0.174. The number of hydrogen-bond acceptors (Lipinski definition) is 0. The highest BCUT2D eigenvalue weighted by Gasteiger charge is 2.47. The molecular weight excluding hydrogens is 649 g/mol. The van der Waals surface area contributed by atoms with Gasteiger partial charge in [-0.3, -0.25) is 0 Å². The molecule has 11 rings (SSSR count). The smallest absolute Gasteiger partial charge is 0.0162 e. The van der Waals surface area contributed by atoms with E-state index in [4.69, 9.17) is 0 Å². The van der Waals surface area contributed by atoms with E-state index in [0.29, 0.717) is 0 Å². The van der Waals surface area contributed by atoms with E-state index in [0.717, 1.165) is 0 Å². The van der Waals surface area contributed by atoms with Crippen LogP contribution in [0.4, 0.5) is 0 Å². The third kappa shape index (κ3) is 4.37. The Hall–Kier alpha value is -6.24. The van der Waals surface area contributed by atoms with Crippen molar-refractivity contribution < 1.29 is 0 Å². The lowest BCUT2D eigenvalue weighted by Gasteiger charge is -2.31. The van der Waals surface area contributed by atoms with Gasteiger partial charge in [-0.2, -0.15) is 0 Å². The largest absolute Gasteiger partial charge is 0.0616 e. The Morgan fingerprint density at radius 2 is 0.630 bits per heavy atom. The van der Waals surface area contributed by atoms with Gasteiger partial charge in [0.05, 0.1) is 0 Å². The van der Waals surface area contributed by atoms with Crippen LogP contribution in [0.5, 0.6) is 0 Å². The van der Waals surface area contributed by atoms with Crippen LogP contribution in [0, 0.1) is 0 Å². The van der Waals surface area contributed by atoms with E-state index in [9.17, 15) is 0 Å². The summed E-state index contributed by atoms with van der Waals surface area (Å²) in [6, 6.07) is 63.6. The van der Waals surface area contributed by atoms with Gasteiger partial charge in [0.2, 0.25) is 0 Å². The molecule has 0 radical (unpaired) electrons. The summed E-state index contributed by atoms with van der Waals surface area (Å²) in [5.74, 6) is 0. The molecule has 9 aromatic rings. The van der Waals surface area contributed by atoms with Crippen LogP contribution in [0.1, 0.15) is 49.9 Å². The molecule has 0 heterocycles. The molecule has 0 aliphatic heterocycles. The highest BCUT2D eigenvalue weighted by atomic mass is 14.5. The third-order valence-electron chi connectivity index (χ3n) is 12.8. The van der Waals surface area contributed by atoms with E-state index in [1.807, 2.05) is 0 Å². The molecule has 0 spiro atoms. The molecule has 0 N–H and O–H groups in total.